The van der Waals surface area contributed by atoms with E-state index in [0.717, 1.165) is 5.75 Å². The summed E-state index contributed by atoms with van der Waals surface area (Å²) in [7, 11) is 0. The normalized spacial score (nSPS) is 10.2. The van der Waals surface area contributed by atoms with Gasteiger partial charge in [0, 0.05) is 10.2 Å². The minimum Gasteiger partial charge on any atom is -0.157 e. The zero-order valence-electron chi connectivity index (χ0n) is 7.43. The van der Waals surface area contributed by atoms with Crippen molar-refractivity contribution < 1.29 is 0 Å². The van der Waals surface area contributed by atoms with E-state index in [4.69, 9.17) is 0 Å². The van der Waals surface area contributed by atoms with E-state index in [9.17, 15) is 0 Å². The van der Waals surface area contributed by atoms with Crippen LogP contribution in [0.2, 0.25) is 0 Å². The Morgan fingerprint density at radius 1 is 1.42 bits per heavy atom. The third-order valence-corrected chi connectivity index (χ3v) is 3.19. The number of benzene rings is 1. The van der Waals surface area contributed by atoms with E-state index < -0.39 is 0 Å². The summed E-state index contributed by atoms with van der Waals surface area (Å²) in [5.74, 6) is 2.31. The highest BCUT2D eigenvalue weighted by Crippen LogP contribution is 2.20. The number of thioether (sulfide) groups is 1. The Labute approximate surface area is 86.9 Å². The van der Waals surface area contributed by atoms with Gasteiger partial charge in [0.25, 0.3) is 0 Å². The lowest BCUT2D eigenvalue weighted by Gasteiger charge is -2.04. The molecule has 0 saturated heterocycles. The minimum absolute atomic E-state index is 1.13. The molecule has 1 aromatic rings. The molecular formula is C10H13BrS. The molecule has 1 aromatic carbocycles. The van der Waals surface area contributed by atoms with Crippen LogP contribution < -0.4 is 0 Å². The second-order valence-electron chi connectivity index (χ2n) is 2.71. The fraction of sp³-hybridized carbons (Fsp3) is 0.400. The Morgan fingerprint density at radius 2 is 2.17 bits per heavy atom. The van der Waals surface area contributed by atoms with Crippen LogP contribution in [0.4, 0.5) is 0 Å². The lowest BCUT2D eigenvalue weighted by atomic mass is 10.1. The van der Waals surface area contributed by atoms with Crippen LogP contribution in [0.15, 0.2) is 22.7 Å². The van der Waals surface area contributed by atoms with Crippen LogP contribution in [0.3, 0.4) is 0 Å². The SMILES string of the molecule is CCSCc1cc(Br)ccc1C. The van der Waals surface area contributed by atoms with Crippen LogP contribution >= 0.6 is 27.7 Å². The van der Waals surface area contributed by atoms with E-state index in [0.29, 0.717) is 0 Å². The van der Waals surface area contributed by atoms with E-state index in [1.54, 1.807) is 0 Å². The number of halogens is 1. The fourth-order valence-corrected chi connectivity index (χ4v) is 2.15. The second kappa shape index (κ2) is 4.93. The maximum Gasteiger partial charge on any atom is 0.0187 e. The standard InChI is InChI=1S/C10H13BrS/c1-3-12-7-9-6-10(11)5-4-8(9)2/h4-6H,3,7H2,1-2H3. The topological polar surface area (TPSA) is 0 Å². The van der Waals surface area contributed by atoms with Gasteiger partial charge < -0.3 is 0 Å². The van der Waals surface area contributed by atoms with Crippen molar-refractivity contribution in [2.45, 2.75) is 19.6 Å². The van der Waals surface area contributed by atoms with Crippen molar-refractivity contribution >= 4 is 27.7 Å². The van der Waals surface area contributed by atoms with Crippen molar-refractivity contribution in [2.24, 2.45) is 0 Å². The predicted octanol–water partition coefficient (Wildman–Crippen LogP) is 4.01. The third kappa shape index (κ3) is 2.83. The Morgan fingerprint density at radius 3 is 2.83 bits per heavy atom. The van der Waals surface area contributed by atoms with Crippen molar-refractivity contribution in [1.82, 2.24) is 0 Å². The van der Waals surface area contributed by atoms with E-state index in [1.807, 2.05) is 11.8 Å². The molecule has 0 nitrogen and oxygen atoms in total. The maximum atomic E-state index is 3.48. The summed E-state index contributed by atoms with van der Waals surface area (Å²) < 4.78 is 1.18. The number of aryl methyl sites for hydroxylation is 1. The summed E-state index contributed by atoms with van der Waals surface area (Å²) in [5, 5.41) is 0. The molecule has 0 atom stereocenters. The molecule has 0 saturated carbocycles. The summed E-state index contributed by atoms with van der Waals surface area (Å²) in [6, 6.07) is 6.46. The molecular weight excluding hydrogens is 232 g/mol. The summed E-state index contributed by atoms with van der Waals surface area (Å²) in [6.45, 7) is 4.36. The lowest BCUT2D eigenvalue weighted by molar-refractivity contribution is 1.29. The van der Waals surface area contributed by atoms with Gasteiger partial charge in [-0.05, 0) is 35.9 Å². The van der Waals surface area contributed by atoms with E-state index in [1.165, 1.54) is 21.4 Å². The number of hydrogen-bond acceptors (Lipinski definition) is 1. The zero-order chi connectivity index (χ0) is 8.97. The average Bonchev–Trinajstić information content (AvgIpc) is 2.07. The van der Waals surface area contributed by atoms with Gasteiger partial charge in [0.05, 0.1) is 0 Å². The van der Waals surface area contributed by atoms with Crippen molar-refractivity contribution in [3.05, 3.63) is 33.8 Å². The Hall–Kier alpha value is 0.0500. The maximum absolute atomic E-state index is 3.48. The molecule has 0 heterocycles. The van der Waals surface area contributed by atoms with Crippen molar-refractivity contribution in [1.29, 1.82) is 0 Å². The monoisotopic (exact) mass is 244 g/mol. The number of rotatable bonds is 3. The molecule has 2 heteroatoms. The van der Waals surface area contributed by atoms with Gasteiger partial charge in [-0.25, -0.2) is 0 Å². The van der Waals surface area contributed by atoms with Gasteiger partial charge in [0.1, 0.15) is 0 Å². The number of hydrogen-bond donors (Lipinski definition) is 0. The van der Waals surface area contributed by atoms with E-state index in [2.05, 4.69) is 48.0 Å². The van der Waals surface area contributed by atoms with Crippen molar-refractivity contribution in [2.75, 3.05) is 5.75 Å². The van der Waals surface area contributed by atoms with Crippen LogP contribution in [0.25, 0.3) is 0 Å². The van der Waals surface area contributed by atoms with Crippen LogP contribution in [0.1, 0.15) is 18.1 Å². The van der Waals surface area contributed by atoms with Crippen LogP contribution in [0, 0.1) is 6.92 Å². The molecule has 0 aliphatic carbocycles. The molecule has 66 valence electrons. The first-order valence-electron chi connectivity index (χ1n) is 4.07. The first-order chi connectivity index (χ1) is 5.74. The lowest BCUT2D eigenvalue weighted by Crippen LogP contribution is -1.86. The van der Waals surface area contributed by atoms with Gasteiger partial charge in [-0.3, -0.25) is 0 Å². The first-order valence-corrected chi connectivity index (χ1v) is 6.01. The summed E-state index contributed by atoms with van der Waals surface area (Å²) in [5.41, 5.74) is 2.83. The molecule has 0 N–H and O–H groups in total. The van der Waals surface area contributed by atoms with Crippen LogP contribution in [-0.2, 0) is 5.75 Å². The van der Waals surface area contributed by atoms with Gasteiger partial charge in [0.2, 0.25) is 0 Å². The van der Waals surface area contributed by atoms with Crippen molar-refractivity contribution in [3.63, 3.8) is 0 Å². The molecule has 0 bridgehead atoms. The van der Waals surface area contributed by atoms with Gasteiger partial charge in [-0.2, -0.15) is 11.8 Å². The first kappa shape index (κ1) is 10.1. The Bertz CT molecular complexity index is 258. The second-order valence-corrected chi connectivity index (χ2v) is 4.90. The van der Waals surface area contributed by atoms with Gasteiger partial charge in [-0.15, -0.1) is 0 Å². The molecule has 0 amide bonds. The van der Waals surface area contributed by atoms with Crippen LogP contribution in [-0.4, -0.2) is 5.75 Å². The highest BCUT2D eigenvalue weighted by Gasteiger charge is 1.98. The Balaban J connectivity index is 2.75. The predicted molar refractivity (Wildman–Crippen MR) is 60.7 cm³/mol. The fourth-order valence-electron chi connectivity index (χ4n) is 1.01. The molecule has 0 fully saturated rings. The molecule has 0 aliphatic heterocycles. The minimum atomic E-state index is 1.13. The Kier molecular flexibility index (Phi) is 4.16. The zero-order valence-corrected chi connectivity index (χ0v) is 9.83. The molecule has 0 aromatic heterocycles. The van der Waals surface area contributed by atoms with E-state index >= 15 is 0 Å². The quantitative estimate of drug-likeness (QED) is 0.775. The van der Waals surface area contributed by atoms with Gasteiger partial charge in [0.15, 0.2) is 0 Å². The molecule has 12 heavy (non-hydrogen) atoms. The van der Waals surface area contributed by atoms with Crippen LogP contribution in [0.5, 0.6) is 0 Å². The summed E-state index contributed by atoms with van der Waals surface area (Å²) in [4.78, 5) is 0. The summed E-state index contributed by atoms with van der Waals surface area (Å²) in [6.07, 6.45) is 0. The molecule has 0 aliphatic rings. The highest BCUT2D eigenvalue weighted by molar-refractivity contribution is 9.10. The molecule has 0 unspecified atom stereocenters. The molecule has 0 radical (unpaired) electrons. The molecule has 0 spiro atoms. The average molecular weight is 245 g/mol. The molecule has 1 rings (SSSR count). The van der Waals surface area contributed by atoms with Crippen molar-refractivity contribution in [3.8, 4) is 0 Å². The smallest absolute Gasteiger partial charge is 0.0187 e. The summed E-state index contributed by atoms with van der Waals surface area (Å²) >= 11 is 5.44. The van der Waals surface area contributed by atoms with Gasteiger partial charge >= 0.3 is 0 Å². The third-order valence-electron chi connectivity index (χ3n) is 1.77. The largest absolute Gasteiger partial charge is 0.157 e. The van der Waals surface area contributed by atoms with E-state index in [-0.39, 0.29) is 0 Å². The highest BCUT2D eigenvalue weighted by atomic mass is 79.9. The van der Waals surface area contributed by atoms with Gasteiger partial charge in [-0.1, -0.05) is 28.9 Å².